The molecule has 0 aliphatic heterocycles. The number of rotatable bonds is 6. The average molecular weight is 309 g/mol. The van der Waals surface area contributed by atoms with E-state index in [0.29, 0.717) is 18.0 Å². The van der Waals surface area contributed by atoms with Crippen molar-refractivity contribution in [3.05, 3.63) is 52.3 Å². The summed E-state index contributed by atoms with van der Waals surface area (Å²) in [6.45, 7) is 1.68. The highest BCUT2D eigenvalue weighted by Gasteiger charge is 2.32. The van der Waals surface area contributed by atoms with Crippen LogP contribution in [0.1, 0.15) is 16.8 Å². The van der Waals surface area contributed by atoms with Crippen LogP contribution in [0.25, 0.3) is 0 Å². The predicted octanol–water partition coefficient (Wildman–Crippen LogP) is 2.14. The summed E-state index contributed by atoms with van der Waals surface area (Å²) in [5.74, 6) is 0. The van der Waals surface area contributed by atoms with Crippen molar-refractivity contribution < 1.29 is 10.2 Å². The van der Waals surface area contributed by atoms with Crippen LogP contribution in [-0.4, -0.2) is 33.2 Å². The lowest BCUT2D eigenvalue weighted by Gasteiger charge is -2.30. The van der Waals surface area contributed by atoms with Crippen molar-refractivity contribution in [2.45, 2.75) is 19.8 Å². The number of aliphatic hydroxyl groups excluding tert-OH is 2. The summed E-state index contributed by atoms with van der Waals surface area (Å²) in [4.78, 5) is 0. The highest BCUT2D eigenvalue weighted by Crippen LogP contribution is 2.31. The lowest BCUT2D eigenvalue weighted by molar-refractivity contribution is 0.0547. The van der Waals surface area contributed by atoms with Gasteiger partial charge in [-0.15, -0.1) is 0 Å². The molecule has 114 valence electrons. The van der Waals surface area contributed by atoms with E-state index in [-0.39, 0.29) is 13.2 Å². The lowest BCUT2D eigenvalue weighted by Crippen LogP contribution is -2.35. The highest BCUT2D eigenvalue weighted by molar-refractivity contribution is 6.30. The summed E-state index contributed by atoms with van der Waals surface area (Å²) in [5, 5.41) is 24.6. The third-order valence-electron chi connectivity index (χ3n) is 3.91. The Balaban J connectivity index is 2.30. The van der Waals surface area contributed by atoms with Gasteiger partial charge in [-0.3, -0.25) is 4.68 Å². The van der Waals surface area contributed by atoms with Gasteiger partial charge in [0.15, 0.2) is 0 Å². The van der Waals surface area contributed by atoms with Gasteiger partial charge in [0.05, 0.1) is 18.9 Å². The van der Waals surface area contributed by atoms with Gasteiger partial charge in [-0.05, 0) is 25.3 Å². The highest BCUT2D eigenvalue weighted by atomic mass is 35.5. The molecule has 1 aromatic heterocycles. The van der Waals surface area contributed by atoms with Crippen LogP contribution in [0.4, 0.5) is 0 Å². The molecule has 0 atom stereocenters. The van der Waals surface area contributed by atoms with Gasteiger partial charge in [-0.25, -0.2) is 0 Å². The van der Waals surface area contributed by atoms with Crippen molar-refractivity contribution >= 4 is 11.6 Å². The van der Waals surface area contributed by atoms with Crippen LogP contribution in [-0.2, 0) is 19.9 Å². The Kier molecular flexibility index (Phi) is 5.04. The van der Waals surface area contributed by atoms with E-state index < -0.39 is 5.41 Å². The summed E-state index contributed by atoms with van der Waals surface area (Å²) >= 11 is 6.27. The molecule has 0 radical (unpaired) electrons. The van der Waals surface area contributed by atoms with E-state index in [0.717, 1.165) is 16.8 Å². The Morgan fingerprint density at radius 3 is 2.24 bits per heavy atom. The van der Waals surface area contributed by atoms with Crippen LogP contribution < -0.4 is 0 Å². The largest absolute Gasteiger partial charge is 0.396 e. The molecule has 0 saturated carbocycles. The van der Waals surface area contributed by atoms with Gasteiger partial charge in [0, 0.05) is 18.0 Å². The zero-order valence-electron chi connectivity index (χ0n) is 12.4. The zero-order chi connectivity index (χ0) is 15.5. The van der Waals surface area contributed by atoms with E-state index >= 15 is 0 Å². The number of hydrogen-bond donors (Lipinski definition) is 2. The van der Waals surface area contributed by atoms with Crippen molar-refractivity contribution in [1.29, 1.82) is 0 Å². The molecule has 2 aromatic rings. The molecule has 0 aliphatic carbocycles. The van der Waals surface area contributed by atoms with Crippen molar-refractivity contribution in [2.24, 2.45) is 12.5 Å². The normalized spacial score (nSPS) is 11.9. The van der Waals surface area contributed by atoms with Crippen LogP contribution in [0.2, 0.25) is 5.15 Å². The molecule has 1 heterocycles. The third kappa shape index (κ3) is 3.46. The second kappa shape index (κ2) is 6.60. The number of aryl methyl sites for hydroxylation is 2. The summed E-state index contributed by atoms with van der Waals surface area (Å²) in [5.41, 5.74) is 2.16. The average Bonchev–Trinajstić information content (AvgIpc) is 2.73. The fraction of sp³-hybridized carbons (Fsp3) is 0.438. The first kappa shape index (κ1) is 16.0. The van der Waals surface area contributed by atoms with Crippen LogP contribution in [0.5, 0.6) is 0 Å². The molecule has 21 heavy (non-hydrogen) atoms. The van der Waals surface area contributed by atoms with Crippen molar-refractivity contribution in [3.63, 3.8) is 0 Å². The minimum atomic E-state index is -0.640. The minimum absolute atomic E-state index is 0.108. The summed E-state index contributed by atoms with van der Waals surface area (Å²) in [6, 6.07) is 9.86. The molecule has 1 aromatic carbocycles. The van der Waals surface area contributed by atoms with Crippen LogP contribution >= 0.6 is 11.6 Å². The van der Waals surface area contributed by atoms with E-state index in [1.165, 1.54) is 0 Å². The monoisotopic (exact) mass is 308 g/mol. The molecule has 2 rings (SSSR count). The number of hydrogen-bond acceptors (Lipinski definition) is 3. The smallest absolute Gasteiger partial charge is 0.130 e. The van der Waals surface area contributed by atoms with E-state index in [2.05, 4.69) is 5.10 Å². The summed E-state index contributed by atoms with van der Waals surface area (Å²) in [6.07, 6.45) is 1.08. The van der Waals surface area contributed by atoms with Gasteiger partial charge < -0.3 is 10.2 Å². The fourth-order valence-corrected chi connectivity index (χ4v) is 2.86. The van der Waals surface area contributed by atoms with Gasteiger partial charge in [-0.1, -0.05) is 41.9 Å². The molecule has 0 aliphatic rings. The summed E-state index contributed by atoms with van der Waals surface area (Å²) in [7, 11) is 1.79. The Morgan fingerprint density at radius 1 is 1.14 bits per heavy atom. The Hall–Kier alpha value is -1.36. The van der Waals surface area contributed by atoms with Crippen molar-refractivity contribution in [1.82, 2.24) is 9.78 Å². The minimum Gasteiger partial charge on any atom is -0.396 e. The SMILES string of the molecule is Cc1nn(C)c(Cl)c1CC(CO)(CO)Cc1ccccc1. The molecule has 0 fully saturated rings. The van der Waals surface area contributed by atoms with Crippen LogP contribution in [0.15, 0.2) is 30.3 Å². The lowest BCUT2D eigenvalue weighted by atomic mass is 9.78. The Bertz CT molecular complexity index is 592. The first-order valence-corrected chi connectivity index (χ1v) is 7.33. The molecule has 0 bridgehead atoms. The second-order valence-corrected chi connectivity index (χ2v) is 5.99. The van der Waals surface area contributed by atoms with Crippen molar-refractivity contribution in [2.75, 3.05) is 13.2 Å². The van der Waals surface area contributed by atoms with Gasteiger partial charge in [0.25, 0.3) is 0 Å². The maximum absolute atomic E-state index is 9.86. The molecular weight excluding hydrogens is 288 g/mol. The Morgan fingerprint density at radius 2 is 1.76 bits per heavy atom. The first-order valence-electron chi connectivity index (χ1n) is 6.95. The van der Waals surface area contributed by atoms with E-state index in [1.807, 2.05) is 37.3 Å². The molecule has 4 nitrogen and oxygen atoms in total. The quantitative estimate of drug-likeness (QED) is 0.859. The van der Waals surface area contributed by atoms with Crippen LogP contribution in [0.3, 0.4) is 0 Å². The van der Waals surface area contributed by atoms with Gasteiger partial charge in [0.1, 0.15) is 5.15 Å². The molecule has 5 heteroatoms. The van der Waals surface area contributed by atoms with Gasteiger partial charge in [-0.2, -0.15) is 5.10 Å². The van der Waals surface area contributed by atoms with Gasteiger partial charge in [0.2, 0.25) is 0 Å². The fourth-order valence-electron chi connectivity index (χ4n) is 2.61. The number of nitrogens with zero attached hydrogens (tertiary/aromatic N) is 2. The topological polar surface area (TPSA) is 58.3 Å². The number of aliphatic hydroxyl groups is 2. The molecule has 0 unspecified atom stereocenters. The molecule has 0 amide bonds. The zero-order valence-corrected chi connectivity index (χ0v) is 13.1. The van der Waals surface area contributed by atoms with Gasteiger partial charge >= 0.3 is 0 Å². The second-order valence-electron chi connectivity index (χ2n) is 5.63. The molecule has 0 saturated heterocycles. The Labute approximate surface area is 130 Å². The van der Waals surface area contributed by atoms with Crippen molar-refractivity contribution in [3.8, 4) is 0 Å². The maximum Gasteiger partial charge on any atom is 0.130 e. The summed E-state index contributed by atoms with van der Waals surface area (Å²) < 4.78 is 1.62. The standard InChI is InChI=1S/C16H21ClN2O2/c1-12-14(15(17)19(2)18-12)9-16(10-20,11-21)8-13-6-4-3-5-7-13/h3-7,20-21H,8-11H2,1-2H3. The van der Waals surface area contributed by atoms with E-state index in [4.69, 9.17) is 11.6 Å². The predicted molar refractivity (Wildman–Crippen MR) is 83.4 cm³/mol. The maximum atomic E-state index is 9.86. The first-order chi connectivity index (χ1) is 10.0. The number of benzene rings is 1. The number of aromatic nitrogens is 2. The van der Waals surface area contributed by atoms with E-state index in [1.54, 1.807) is 11.7 Å². The van der Waals surface area contributed by atoms with Crippen LogP contribution in [0, 0.1) is 12.3 Å². The molecular formula is C16H21ClN2O2. The number of halogens is 1. The molecule has 2 N–H and O–H groups in total. The molecule has 0 spiro atoms. The third-order valence-corrected chi connectivity index (χ3v) is 4.39. The van der Waals surface area contributed by atoms with E-state index in [9.17, 15) is 10.2 Å².